The normalized spacial score (nSPS) is 10.6. The van der Waals surface area contributed by atoms with E-state index in [9.17, 15) is 18.4 Å². The lowest BCUT2D eigenvalue weighted by molar-refractivity contribution is 0.0949. The first-order valence-electron chi connectivity index (χ1n) is 11.5. The Labute approximate surface area is 222 Å². The minimum absolute atomic E-state index is 0.0548. The topological polar surface area (TPSA) is 84.9 Å². The fourth-order valence-electron chi connectivity index (χ4n) is 3.69. The summed E-state index contributed by atoms with van der Waals surface area (Å²) in [4.78, 5) is 23.5. The van der Waals surface area contributed by atoms with Crippen molar-refractivity contribution in [2.45, 2.75) is 13.0 Å². The first-order valence-corrected chi connectivity index (χ1v) is 11.9. The number of hydrogen-bond donors (Lipinski definition) is 2. The van der Waals surface area contributed by atoms with E-state index in [0.717, 1.165) is 28.8 Å². The van der Waals surface area contributed by atoms with Crippen LogP contribution in [0.3, 0.4) is 0 Å². The van der Waals surface area contributed by atoms with Crippen molar-refractivity contribution in [2.75, 3.05) is 6.54 Å². The first kappa shape index (κ1) is 26.6. The number of rotatable bonds is 9. The Balaban J connectivity index is 1.33. The van der Waals surface area contributed by atoms with Gasteiger partial charge in [0.2, 0.25) is 0 Å². The van der Waals surface area contributed by atoms with Crippen LogP contribution in [-0.4, -0.2) is 23.7 Å². The molecule has 4 aromatic rings. The Morgan fingerprint density at radius 1 is 0.816 bits per heavy atom. The third-order valence-corrected chi connectivity index (χ3v) is 5.85. The van der Waals surface area contributed by atoms with Gasteiger partial charge in [-0.3, -0.25) is 4.79 Å². The lowest BCUT2D eigenvalue weighted by Crippen LogP contribution is -2.26. The average molecular weight is 538 g/mol. The van der Waals surface area contributed by atoms with Gasteiger partial charge in [0.1, 0.15) is 18.1 Å². The number of hydrogen-bond acceptors (Lipinski definition) is 4. The van der Waals surface area contributed by atoms with Gasteiger partial charge in [0.25, 0.3) is 5.91 Å². The Kier molecular flexibility index (Phi) is 8.55. The summed E-state index contributed by atoms with van der Waals surface area (Å²) in [6, 6.07) is 22.5. The summed E-state index contributed by atoms with van der Waals surface area (Å²) in [5.41, 5.74) is 3.49. The molecular weight excluding hydrogens is 516 g/mol. The molecule has 0 atom stereocenters. The standard InChI is InChI=1S/C29H22ClF2NO5/c30-22-8-12-27(37-17-19-3-11-25(31)26(32)15-19)24(16-22)28(34)33-14-13-18-1-4-20(5-2-18)21-6-9-23(10-7-21)38-29(35)36/h1-12,15-16H,13-14,17H2,(H,33,34)(H,35,36). The lowest BCUT2D eigenvalue weighted by Gasteiger charge is -2.13. The highest BCUT2D eigenvalue weighted by Gasteiger charge is 2.14. The number of carbonyl (C=O) groups excluding carboxylic acids is 1. The third kappa shape index (κ3) is 7.08. The fourth-order valence-corrected chi connectivity index (χ4v) is 3.86. The molecule has 0 unspecified atom stereocenters. The maximum Gasteiger partial charge on any atom is 0.511 e. The van der Waals surface area contributed by atoms with Crippen molar-refractivity contribution in [1.82, 2.24) is 5.32 Å². The summed E-state index contributed by atoms with van der Waals surface area (Å²) in [7, 11) is 0. The number of halogens is 3. The predicted molar refractivity (Wildman–Crippen MR) is 139 cm³/mol. The molecule has 0 saturated heterocycles. The molecule has 0 heterocycles. The minimum atomic E-state index is -1.37. The summed E-state index contributed by atoms with van der Waals surface area (Å²) in [5.74, 6) is -1.80. The van der Waals surface area contributed by atoms with Crippen LogP contribution in [0.15, 0.2) is 84.9 Å². The van der Waals surface area contributed by atoms with Crippen LogP contribution < -0.4 is 14.8 Å². The van der Waals surface area contributed by atoms with Gasteiger partial charge in [-0.05, 0) is 71.1 Å². The van der Waals surface area contributed by atoms with Gasteiger partial charge in [0.05, 0.1) is 5.56 Å². The Bertz CT molecular complexity index is 1440. The van der Waals surface area contributed by atoms with Crippen LogP contribution in [0.2, 0.25) is 5.02 Å². The second-order valence-electron chi connectivity index (χ2n) is 8.27. The first-order chi connectivity index (χ1) is 18.3. The van der Waals surface area contributed by atoms with Crippen LogP contribution in [-0.2, 0) is 13.0 Å². The molecule has 0 aliphatic rings. The van der Waals surface area contributed by atoms with E-state index in [-0.39, 0.29) is 29.6 Å². The van der Waals surface area contributed by atoms with E-state index in [1.54, 1.807) is 36.4 Å². The maximum absolute atomic E-state index is 13.5. The van der Waals surface area contributed by atoms with E-state index >= 15 is 0 Å². The largest absolute Gasteiger partial charge is 0.511 e. The Morgan fingerprint density at radius 2 is 1.47 bits per heavy atom. The van der Waals surface area contributed by atoms with Crippen LogP contribution in [0.5, 0.6) is 11.5 Å². The van der Waals surface area contributed by atoms with Crippen molar-refractivity contribution in [2.24, 2.45) is 0 Å². The molecule has 9 heteroatoms. The molecule has 0 radical (unpaired) electrons. The zero-order chi connectivity index (χ0) is 27.1. The highest BCUT2D eigenvalue weighted by atomic mass is 35.5. The second-order valence-corrected chi connectivity index (χ2v) is 8.71. The molecule has 0 aromatic heterocycles. The van der Waals surface area contributed by atoms with Gasteiger partial charge >= 0.3 is 6.16 Å². The fraction of sp³-hybridized carbons (Fsp3) is 0.103. The Morgan fingerprint density at radius 3 is 2.13 bits per heavy atom. The summed E-state index contributed by atoms with van der Waals surface area (Å²) < 4.78 is 36.9. The van der Waals surface area contributed by atoms with Crippen molar-refractivity contribution in [1.29, 1.82) is 0 Å². The van der Waals surface area contributed by atoms with Gasteiger partial charge in [-0.2, -0.15) is 0 Å². The molecule has 6 nitrogen and oxygen atoms in total. The van der Waals surface area contributed by atoms with Gasteiger partial charge < -0.3 is 19.9 Å². The monoisotopic (exact) mass is 537 g/mol. The average Bonchev–Trinajstić information content (AvgIpc) is 2.90. The number of carbonyl (C=O) groups is 2. The third-order valence-electron chi connectivity index (χ3n) is 5.61. The van der Waals surface area contributed by atoms with Gasteiger partial charge in [-0.25, -0.2) is 13.6 Å². The summed E-state index contributed by atoms with van der Waals surface area (Å²) in [5, 5.41) is 11.9. The zero-order valence-electron chi connectivity index (χ0n) is 19.9. The maximum atomic E-state index is 13.5. The molecule has 0 bridgehead atoms. The van der Waals surface area contributed by atoms with Crippen molar-refractivity contribution < 1.29 is 33.0 Å². The number of benzene rings is 4. The molecule has 2 N–H and O–H groups in total. The lowest BCUT2D eigenvalue weighted by atomic mass is 10.0. The smallest absolute Gasteiger partial charge is 0.488 e. The SMILES string of the molecule is O=C(O)Oc1ccc(-c2ccc(CCNC(=O)c3cc(Cl)ccc3OCc3ccc(F)c(F)c3)cc2)cc1. The molecule has 194 valence electrons. The Hall–Kier alpha value is -4.43. The minimum Gasteiger partial charge on any atom is -0.488 e. The van der Waals surface area contributed by atoms with E-state index < -0.39 is 17.8 Å². The van der Waals surface area contributed by atoms with Crippen molar-refractivity contribution in [3.63, 3.8) is 0 Å². The van der Waals surface area contributed by atoms with Gasteiger partial charge in [0.15, 0.2) is 11.6 Å². The van der Waals surface area contributed by atoms with Crippen LogP contribution >= 0.6 is 11.6 Å². The van der Waals surface area contributed by atoms with Gasteiger partial charge in [-0.15, -0.1) is 0 Å². The summed E-state index contributed by atoms with van der Waals surface area (Å²) in [6.45, 7) is 0.301. The molecule has 0 saturated carbocycles. The molecule has 1 amide bonds. The summed E-state index contributed by atoms with van der Waals surface area (Å²) >= 11 is 6.08. The number of ether oxygens (including phenoxy) is 2. The molecule has 4 aromatic carbocycles. The van der Waals surface area contributed by atoms with Crippen molar-refractivity contribution in [3.05, 3.63) is 118 Å². The van der Waals surface area contributed by atoms with E-state index in [1.807, 2.05) is 24.3 Å². The van der Waals surface area contributed by atoms with Crippen LogP contribution in [0, 0.1) is 11.6 Å². The number of carboxylic acid groups (broad SMARTS) is 1. The molecular formula is C29H22ClF2NO5. The molecule has 38 heavy (non-hydrogen) atoms. The number of nitrogens with one attached hydrogen (secondary N) is 1. The van der Waals surface area contributed by atoms with Crippen molar-refractivity contribution >= 4 is 23.7 Å². The van der Waals surface area contributed by atoms with Gasteiger partial charge in [-0.1, -0.05) is 54.1 Å². The molecule has 4 rings (SSSR count). The van der Waals surface area contributed by atoms with E-state index in [4.69, 9.17) is 21.4 Å². The van der Waals surface area contributed by atoms with E-state index in [2.05, 4.69) is 10.1 Å². The van der Waals surface area contributed by atoms with Crippen molar-refractivity contribution in [3.8, 4) is 22.6 Å². The molecule has 0 spiro atoms. The van der Waals surface area contributed by atoms with Gasteiger partial charge in [0, 0.05) is 11.6 Å². The number of amides is 1. The molecule has 0 aliphatic carbocycles. The van der Waals surface area contributed by atoms with Crippen LogP contribution in [0.25, 0.3) is 11.1 Å². The van der Waals surface area contributed by atoms with E-state index in [0.29, 0.717) is 23.6 Å². The molecule has 0 fully saturated rings. The highest BCUT2D eigenvalue weighted by Crippen LogP contribution is 2.25. The second kappa shape index (κ2) is 12.2. The quantitative estimate of drug-likeness (QED) is 0.179. The van der Waals surface area contributed by atoms with Crippen LogP contribution in [0.1, 0.15) is 21.5 Å². The molecule has 0 aliphatic heterocycles. The van der Waals surface area contributed by atoms with Crippen LogP contribution in [0.4, 0.5) is 13.6 Å². The summed E-state index contributed by atoms with van der Waals surface area (Å²) in [6.07, 6.45) is -0.793. The highest BCUT2D eigenvalue weighted by molar-refractivity contribution is 6.31. The predicted octanol–water partition coefficient (Wildman–Crippen LogP) is 6.89. The van der Waals surface area contributed by atoms with E-state index in [1.165, 1.54) is 12.1 Å². The zero-order valence-corrected chi connectivity index (χ0v) is 20.7.